The molecule has 1 atom stereocenters. The van der Waals surface area contributed by atoms with Gasteiger partial charge in [0.15, 0.2) is 0 Å². The van der Waals surface area contributed by atoms with Gasteiger partial charge >= 0.3 is 0 Å². The topological polar surface area (TPSA) is 37.4 Å². The summed E-state index contributed by atoms with van der Waals surface area (Å²) >= 11 is 0. The molecule has 0 amide bonds. The SMILES string of the molecule is COc1cc(CN2CCNC(C3CC3)C2)ccn1. The number of ether oxygens (including phenoxy) is 1. The molecule has 1 aromatic rings. The van der Waals surface area contributed by atoms with Crippen LogP contribution in [0.5, 0.6) is 5.88 Å². The summed E-state index contributed by atoms with van der Waals surface area (Å²) in [5, 5.41) is 3.64. The summed E-state index contributed by atoms with van der Waals surface area (Å²) in [5.74, 6) is 1.64. The number of rotatable bonds is 4. The fourth-order valence-corrected chi connectivity index (χ4v) is 2.72. The van der Waals surface area contributed by atoms with Gasteiger partial charge in [0.25, 0.3) is 0 Å². The van der Waals surface area contributed by atoms with Crippen LogP contribution >= 0.6 is 0 Å². The molecule has 18 heavy (non-hydrogen) atoms. The van der Waals surface area contributed by atoms with Gasteiger partial charge in [0.1, 0.15) is 0 Å². The molecule has 0 radical (unpaired) electrons. The molecule has 3 rings (SSSR count). The highest BCUT2D eigenvalue weighted by Gasteiger charge is 2.33. The average Bonchev–Trinajstić information content (AvgIpc) is 3.24. The second kappa shape index (κ2) is 5.24. The predicted molar refractivity (Wildman–Crippen MR) is 70.6 cm³/mol. The zero-order valence-corrected chi connectivity index (χ0v) is 10.9. The lowest BCUT2D eigenvalue weighted by Crippen LogP contribution is -2.51. The largest absolute Gasteiger partial charge is 0.481 e. The van der Waals surface area contributed by atoms with Crippen molar-refractivity contribution in [3.05, 3.63) is 23.9 Å². The Morgan fingerprint density at radius 2 is 2.39 bits per heavy atom. The first-order valence-electron chi connectivity index (χ1n) is 6.80. The van der Waals surface area contributed by atoms with E-state index in [9.17, 15) is 0 Å². The molecule has 4 nitrogen and oxygen atoms in total. The smallest absolute Gasteiger partial charge is 0.213 e. The van der Waals surface area contributed by atoms with Crippen LogP contribution in [0.25, 0.3) is 0 Å². The molecule has 1 N–H and O–H groups in total. The van der Waals surface area contributed by atoms with Crippen molar-refractivity contribution in [1.82, 2.24) is 15.2 Å². The second-order valence-corrected chi connectivity index (χ2v) is 5.34. The van der Waals surface area contributed by atoms with E-state index in [1.165, 1.54) is 24.9 Å². The van der Waals surface area contributed by atoms with E-state index in [0.717, 1.165) is 25.6 Å². The Morgan fingerprint density at radius 3 is 3.17 bits per heavy atom. The van der Waals surface area contributed by atoms with Crippen LogP contribution in [0.3, 0.4) is 0 Å². The van der Waals surface area contributed by atoms with Gasteiger partial charge in [-0.2, -0.15) is 0 Å². The van der Waals surface area contributed by atoms with Crippen LogP contribution in [0.1, 0.15) is 18.4 Å². The molecule has 1 saturated carbocycles. The monoisotopic (exact) mass is 247 g/mol. The standard InChI is InChI=1S/C14H21N3O/c1-18-14-8-11(4-5-16-14)9-17-7-6-15-13(10-17)12-2-3-12/h4-5,8,12-13,15H,2-3,6-7,9-10H2,1H3. The first kappa shape index (κ1) is 11.9. The maximum absolute atomic E-state index is 5.17. The minimum Gasteiger partial charge on any atom is -0.481 e. The molecular weight excluding hydrogens is 226 g/mol. The molecule has 4 heteroatoms. The number of piperazine rings is 1. The normalized spacial score (nSPS) is 25.1. The van der Waals surface area contributed by atoms with Gasteiger partial charge in [-0.25, -0.2) is 4.98 Å². The fraction of sp³-hybridized carbons (Fsp3) is 0.643. The van der Waals surface area contributed by atoms with Gasteiger partial charge in [0.05, 0.1) is 7.11 Å². The summed E-state index contributed by atoms with van der Waals surface area (Å²) in [6.45, 7) is 4.43. The van der Waals surface area contributed by atoms with Crippen molar-refractivity contribution in [2.45, 2.75) is 25.4 Å². The Bertz CT molecular complexity index is 406. The summed E-state index contributed by atoms with van der Waals surface area (Å²) in [5.41, 5.74) is 1.29. The molecule has 1 aromatic heterocycles. The van der Waals surface area contributed by atoms with Crippen LogP contribution in [0, 0.1) is 5.92 Å². The summed E-state index contributed by atoms with van der Waals surface area (Å²) in [6.07, 6.45) is 4.65. The number of hydrogen-bond donors (Lipinski definition) is 1. The Morgan fingerprint density at radius 1 is 1.50 bits per heavy atom. The van der Waals surface area contributed by atoms with Gasteiger partial charge < -0.3 is 10.1 Å². The highest BCUT2D eigenvalue weighted by atomic mass is 16.5. The Hall–Kier alpha value is -1.13. The lowest BCUT2D eigenvalue weighted by molar-refractivity contribution is 0.181. The molecule has 98 valence electrons. The first-order valence-corrected chi connectivity index (χ1v) is 6.80. The molecule has 0 spiro atoms. The minimum absolute atomic E-state index is 0.710. The summed E-state index contributed by atoms with van der Waals surface area (Å²) in [4.78, 5) is 6.69. The van der Waals surface area contributed by atoms with Gasteiger partial charge in [-0.3, -0.25) is 4.90 Å². The Kier molecular flexibility index (Phi) is 3.48. The summed E-state index contributed by atoms with van der Waals surface area (Å²) in [7, 11) is 1.67. The van der Waals surface area contributed by atoms with Crippen LogP contribution in [0.4, 0.5) is 0 Å². The molecule has 1 saturated heterocycles. The van der Waals surface area contributed by atoms with Gasteiger partial charge in [-0.1, -0.05) is 0 Å². The lowest BCUT2D eigenvalue weighted by atomic mass is 10.1. The van der Waals surface area contributed by atoms with E-state index in [-0.39, 0.29) is 0 Å². The molecular formula is C14H21N3O. The highest BCUT2D eigenvalue weighted by Crippen LogP contribution is 2.33. The quantitative estimate of drug-likeness (QED) is 0.869. The van der Waals surface area contributed by atoms with Crippen molar-refractivity contribution < 1.29 is 4.74 Å². The predicted octanol–water partition coefficient (Wildman–Crippen LogP) is 1.27. The molecule has 2 aliphatic rings. The number of pyridine rings is 1. The van der Waals surface area contributed by atoms with E-state index in [0.29, 0.717) is 11.9 Å². The van der Waals surface area contributed by atoms with Gasteiger partial charge in [-0.05, 0) is 30.4 Å². The average molecular weight is 247 g/mol. The van der Waals surface area contributed by atoms with Crippen LogP contribution in [-0.4, -0.2) is 42.7 Å². The van der Waals surface area contributed by atoms with E-state index in [1.54, 1.807) is 7.11 Å². The minimum atomic E-state index is 0.710. The van der Waals surface area contributed by atoms with E-state index in [2.05, 4.69) is 21.3 Å². The molecule has 2 fully saturated rings. The van der Waals surface area contributed by atoms with Crippen molar-refractivity contribution >= 4 is 0 Å². The molecule has 1 aliphatic carbocycles. The van der Waals surface area contributed by atoms with Crippen LogP contribution < -0.4 is 10.1 Å². The lowest BCUT2D eigenvalue weighted by Gasteiger charge is -2.33. The van der Waals surface area contributed by atoms with Gasteiger partial charge in [0, 0.05) is 44.5 Å². The van der Waals surface area contributed by atoms with Crippen molar-refractivity contribution in [2.24, 2.45) is 5.92 Å². The fourth-order valence-electron chi connectivity index (χ4n) is 2.72. The third-order valence-corrected chi connectivity index (χ3v) is 3.90. The third kappa shape index (κ3) is 2.82. The van der Waals surface area contributed by atoms with Gasteiger partial charge in [-0.15, -0.1) is 0 Å². The molecule has 1 unspecified atom stereocenters. The van der Waals surface area contributed by atoms with Crippen molar-refractivity contribution in [3.63, 3.8) is 0 Å². The number of nitrogens with one attached hydrogen (secondary N) is 1. The van der Waals surface area contributed by atoms with E-state index in [1.807, 2.05) is 12.3 Å². The zero-order chi connectivity index (χ0) is 12.4. The molecule has 1 aliphatic heterocycles. The van der Waals surface area contributed by atoms with Crippen LogP contribution in [-0.2, 0) is 6.54 Å². The van der Waals surface area contributed by atoms with Crippen molar-refractivity contribution in [2.75, 3.05) is 26.7 Å². The number of hydrogen-bond acceptors (Lipinski definition) is 4. The third-order valence-electron chi connectivity index (χ3n) is 3.90. The van der Waals surface area contributed by atoms with Crippen molar-refractivity contribution in [1.29, 1.82) is 0 Å². The Labute approximate surface area is 108 Å². The molecule has 0 aromatic carbocycles. The summed E-state index contributed by atoms with van der Waals surface area (Å²) in [6, 6.07) is 4.83. The first-order chi connectivity index (χ1) is 8.85. The van der Waals surface area contributed by atoms with Crippen molar-refractivity contribution in [3.8, 4) is 5.88 Å². The molecule has 2 heterocycles. The number of aromatic nitrogens is 1. The zero-order valence-electron chi connectivity index (χ0n) is 10.9. The molecule has 0 bridgehead atoms. The van der Waals surface area contributed by atoms with E-state index in [4.69, 9.17) is 4.74 Å². The van der Waals surface area contributed by atoms with E-state index < -0.39 is 0 Å². The highest BCUT2D eigenvalue weighted by molar-refractivity contribution is 5.20. The maximum Gasteiger partial charge on any atom is 0.213 e. The van der Waals surface area contributed by atoms with Crippen LogP contribution in [0.15, 0.2) is 18.3 Å². The number of nitrogens with zero attached hydrogens (tertiary/aromatic N) is 2. The second-order valence-electron chi connectivity index (χ2n) is 5.34. The summed E-state index contributed by atoms with van der Waals surface area (Å²) < 4.78 is 5.17. The van der Waals surface area contributed by atoms with Gasteiger partial charge in [0.2, 0.25) is 5.88 Å². The number of methoxy groups -OCH3 is 1. The maximum atomic E-state index is 5.17. The Balaban J connectivity index is 1.60. The van der Waals surface area contributed by atoms with E-state index >= 15 is 0 Å². The van der Waals surface area contributed by atoms with Crippen LogP contribution in [0.2, 0.25) is 0 Å².